The summed E-state index contributed by atoms with van der Waals surface area (Å²) in [6.07, 6.45) is 0. The third kappa shape index (κ3) is 1.53. The minimum atomic E-state index is -0.127. The number of fused-ring (bicyclic) bond motifs is 1. The fourth-order valence-electron chi connectivity index (χ4n) is 1.42. The predicted molar refractivity (Wildman–Crippen MR) is 58.9 cm³/mol. The SMILES string of the molecule is O=c1cc(CBr)c2cc(O)ccc2[nH]1. The molecular weight excluding hydrogens is 246 g/mol. The minimum absolute atomic E-state index is 0.127. The van der Waals surface area contributed by atoms with Crippen molar-refractivity contribution in [3.63, 3.8) is 0 Å². The summed E-state index contributed by atoms with van der Waals surface area (Å²) in [6.45, 7) is 0. The van der Waals surface area contributed by atoms with E-state index in [1.807, 2.05) is 0 Å². The summed E-state index contributed by atoms with van der Waals surface area (Å²) in [7, 11) is 0. The van der Waals surface area contributed by atoms with E-state index in [1.54, 1.807) is 18.2 Å². The first-order chi connectivity index (χ1) is 6.70. The van der Waals surface area contributed by atoms with E-state index in [0.29, 0.717) is 5.33 Å². The molecule has 14 heavy (non-hydrogen) atoms. The van der Waals surface area contributed by atoms with Crippen LogP contribution in [0.4, 0.5) is 0 Å². The van der Waals surface area contributed by atoms with E-state index in [1.165, 1.54) is 6.07 Å². The van der Waals surface area contributed by atoms with Crippen molar-refractivity contribution >= 4 is 26.8 Å². The van der Waals surface area contributed by atoms with Gasteiger partial charge in [-0.25, -0.2) is 0 Å². The number of phenols is 1. The number of phenolic OH excluding ortho intramolecular Hbond substituents is 1. The van der Waals surface area contributed by atoms with Gasteiger partial charge in [-0.3, -0.25) is 4.79 Å². The summed E-state index contributed by atoms with van der Waals surface area (Å²) in [4.78, 5) is 13.9. The molecule has 72 valence electrons. The van der Waals surface area contributed by atoms with Crippen LogP contribution in [0.2, 0.25) is 0 Å². The van der Waals surface area contributed by atoms with Crippen LogP contribution in [0, 0.1) is 0 Å². The molecule has 0 aliphatic heterocycles. The summed E-state index contributed by atoms with van der Waals surface area (Å²) >= 11 is 3.30. The molecule has 0 aliphatic carbocycles. The van der Waals surface area contributed by atoms with Crippen molar-refractivity contribution < 1.29 is 5.11 Å². The van der Waals surface area contributed by atoms with Crippen LogP contribution in [0.15, 0.2) is 29.1 Å². The lowest BCUT2D eigenvalue weighted by molar-refractivity contribution is 0.476. The van der Waals surface area contributed by atoms with Crippen LogP contribution < -0.4 is 5.56 Å². The highest BCUT2D eigenvalue weighted by Crippen LogP contribution is 2.21. The lowest BCUT2D eigenvalue weighted by atomic mass is 10.1. The molecule has 0 aliphatic rings. The first kappa shape index (κ1) is 9.27. The lowest BCUT2D eigenvalue weighted by Gasteiger charge is -2.03. The zero-order valence-electron chi connectivity index (χ0n) is 7.25. The zero-order chi connectivity index (χ0) is 10.1. The van der Waals surface area contributed by atoms with Crippen molar-refractivity contribution in [1.29, 1.82) is 0 Å². The smallest absolute Gasteiger partial charge is 0.248 e. The van der Waals surface area contributed by atoms with Gasteiger partial charge in [0, 0.05) is 22.3 Å². The number of hydrogen-bond donors (Lipinski definition) is 2. The van der Waals surface area contributed by atoms with E-state index >= 15 is 0 Å². The second-order valence-electron chi connectivity index (χ2n) is 3.02. The molecule has 1 aromatic carbocycles. The Bertz CT molecular complexity index is 533. The Labute approximate surface area is 88.5 Å². The molecule has 0 unspecified atom stereocenters. The van der Waals surface area contributed by atoms with Crippen LogP contribution in [-0.4, -0.2) is 10.1 Å². The molecule has 0 amide bonds. The number of aromatic hydroxyl groups is 1. The van der Waals surface area contributed by atoms with Gasteiger partial charge in [0.2, 0.25) is 5.56 Å². The van der Waals surface area contributed by atoms with Crippen LogP contribution in [0.1, 0.15) is 5.56 Å². The highest BCUT2D eigenvalue weighted by atomic mass is 79.9. The van der Waals surface area contributed by atoms with Gasteiger partial charge in [0.05, 0.1) is 0 Å². The Morgan fingerprint density at radius 3 is 2.86 bits per heavy atom. The number of halogens is 1. The van der Waals surface area contributed by atoms with Crippen molar-refractivity contribution in [2.75, 3.05) is 0 Å². The Morgan fingerprint density at radius 2 is 2.14 bits per heavy atom. The number of aromatic nitrogens is 1. The number of aromatic amines is 1. The average molecular weight is 254 g/mol. The Balaban J connectivity index is 2.88. The van der Waals surface area contributed by atoms with Crippen molar-refractivity contribution in [1.82, 2.24) is 4.98 Å². The van der Waals surface area contributed by atoms with E-state index in [4.69, 9.17) is 0 Å². The first-order valence-corrected chi connectivity index (χ1v) is 5.24. The fraction of sp³-hybridized carbons (Fsp3) is 0.100. The van der Waals surface area contributed by atoms with Crippen molar-refractivity contribution in [3.8, 4) is 5.75 Å². The third-order valence-corrected chi connectivity index (χ3v) is 2.66. The number of nitrogens with one attached hydrogen (secondary N) is 1. The van der Waals surface area contributed by atoms with Gasteiger partial charge in [0.15, 0.2) is 0 Å². The maximum atomic E-state index is 11.2. The Hall–Kier alpha value is -1.29. The van der Waals surface area contributed by atoms with Crippen LogP contribution in [0.5, 0.6) is 5.75 Å². The zero-order valence-corrected chi connectivity index (χ0v) is 8.84. The summed E-state index contributed by atoms with van der Waals surface area (Å²) in [5, 5.41) is 10.8. The number of benzene rings is 1. The average Bonchev–Trinajstić information content (AvgIpc) is 2.17. The lowest BCUT2D eigenvalue weighted by Crippen LogP contribution is -2.05. The molecule has 0 bridgehead atoms. The molecule has 0 fully saturated rings. The van der Waals surface area contributed by atoms with E-state index in [9.17, 15) is 9.90 Å². The van der Waals surface area contributed by atoms with Gasteiger partial charge in [-0.15, -0.1) is 0 Å². The fourth-order valence-corrected chi connectivity index (χ4v) is 1.89. The van der Waals surface area contributed by atoms with Gasteiger partial charge in [-0.05, 0) is 23.8 Å². The molecular formula is C10H8BrNO2. The number of hydrogen-bond acceptors (Lipinski definition) is 2. The van der Waals surface area contributed by atoms with Gasteiger partial charge in [-0.2, -0.15) is 0 Å². The van der Waals surface area contributed by atoms with Gasteiger partial charge in [0.25, 0.3) is 0 Å². The summed E-state index contributed by atoms with van der Waals surface area (Å²) in [5.41, 5.74) is 1.49. The van der Waals surface area contributed by atoms with E-state index in [-0.39, 0.29) is 11.3 Å². The molecule has 1 aromatic heterocycles. The summed E-state index contributed by atoms with van der Waals surface area (Å²) < 4.78 is 0. The summed E-state index contributed by atoms with van der Waals surface area (Å²) in [5.74, 6) is 0.201. The molecule has 1 heterocycles. The number of H-pyrrole nitrogens is 1. The number of rotatable bonds is 1. The van der Waals surface area contributed by atoms with Crippen molar-refractivity contribution in [3.05, 3.63) is 40.2 Å². The summed E-state index contributed by atoms with van der Waals surface area (Å²) in [6, 6.07) is 6.41. The van der Waals surface area contributed by atoms with Crippen LogP contribution in [-0.2, 0) is 5.33 Å². The standard InChI is InChI=1S/C10H8BrNO2/c11-5-6-3-10(14)12-9-2-1-7(13)4-8(6)9/h1-4,13H,5H2,(H,12,14). The van der Waals surface area contributed by atoms with Crippen molar-refractivity contribution in [2.45, 2.75) is 5.33 Å². The topological polar surface area (TPSA) is 53.1 Å². The highest BCUT2D eigenvalue weighted by Gasteiger charge is 2.02. The van der Waals surface area contributed by atoms with Gasteiger partial charge < -0.3 is 10.1 Å². The van der Waals surface area contributed by atoms with E-state index < -0.39 is 0 Å². The van der Waals surface area contributed by atoms with E-state index in [2.05, 4.69) is 20.9 Å². The minimum Gasteiger partial charge on any atom is -0.508 e. The maximum absolute atomic E-state index is 11.2. The Morgan fingerprint density at radius 1 is 1.36 bits per heavy atom. The molecule has 0 saturated heterocycles. The number of pyridine rings is 1. The van der Waals surface area contributed by atoms with Crippen molar-refractivity contribution in [2.24, 2.45) is 0 Å². The molecule has 3 nitrogen and oxygen atoms in total. The second kappa shape index (κ2) is 3.46. The molecule has 0 radical (unpaired) electrons. The van der Waals surface area contributed by atoms with Gasteiger partial charge in [0.1, 0.15) is 5.75 Å². The van der Waals surface area contributed by atoms with Crippen LogP contribution >= 0.6 is 15.9 Å². The van der Waals surface area contributed by atoms with Crippen LogP contribution in [0.3, 0.4) is 0 Å². The molecule has 2 N–H and O–H groups in total. The van der Waals surface area contributed by atoms with Gasteiger partial charge >= 0.3 is 0 Å². The van der Waals surface area contributed by atoms with E-state index in [0.717, 1.165) is 16.5 Å². The molecule has 0 atom stereocenters. The molecule has 2 rings (SSSR count). The third-order valence-electron chi connectivity index (χ3n) is 2.06. The Kier molecular flexibility index (Phi) is 2.29. The predicted octanol–water partition coefficient (Wildman–Crippen LogP) is 2.13. The second-order valence-corrected chi connectivity index (χ2v) is 3.58. The maximum Gasteiger partial charge on any atom is 0.248 e. The molecule has 2 aromatic rings. The largest absolute Gasteiger partial charge is 0.508 e. The van der Waals surface area contributed by atoms with Gasteiger partial charge in [-0.1, -0.05) is 15.9 Å². The molecule has 4 heteroatoms. The number of alkyl halides is 1. The quantitative estimate of drug-likeness (QED) is 0.766. The first-order valence-electron chi connectivity index (χ1n) is 4.11. The normalized spacial score (nSPS) is 10.6. The monoisotopic (exact) mass is 253 g/mol. The highest BCUT2D eigenvalue weighted by molar-refractivity contribution is 9.08. The molecule has 0 spiro atoms. The molecule has 0 saturated carbocycles. The van der Waals surface area contributed by atoms with Crippen LogP contribution in [0.25, 0.3) is 10.9 Å².